The molecular weight excluding hydrogens is 263 g/mol. The summed E-state index contributed by atoms with van der Waals surface area (Å²) in [4.78, 5) is 9.90. The Hall–Kier alpha value is -1.04. The fourth-order valence-corrected chi connectivity index (χ4v) is 3.65. The maximum Gasteiger partial charge on any atom is 0.371 e. The standard InChI is InChI=1S/C9H13N2O4PS/c1-2-7-17-16(10,14)15-9-5-3-8(4-6-9)11(12)13/h3-6H,2,7H2,1H3,(H2,10,14). The zero-order valence-corrected chi connectivity index (χ0v) is 10.9. The molecule has 94 valence electrons. The molecule has 0 amide bonds. The van der Waals surface area contributed by atoms with Crippen LogP contribution < -0.4 is 10.0 Å². The van der Waals surface area contributed by atoms with E-state index in [0.29, 0.717) is 5.75 Å². The second kappa shape index (κ2) is 6.05. The molecule has 0 aliphatic heterocycles. The second-order valence-corrected chi connectivity index (χ2v) is 7.45. The van der Waals surface area contributed by atoms with Crippen LogP contribution in [-0.2, 0) is 4.57 Å². The Morgan fingerprint density at radius 2 is 2.06 bits per heavy atom. The molecule has 0 fully saturated rings. The first kappa shape index (κ1) is 14.0. The van der Waals surface area contributed by atoms with Crippen molar-refractivity contribution >= 4 is 23.8 Å². The number of nitro benzene ring substituents is 1. The van der Waals surface area contributed by atoms with Crippen LogP contribution in [0.2, 0.25) is 0 Å². The van der Waals surface area contributed by atoms with Crippen molar-refractivity contribution < 1.29 is 14.0 Å². The highest BCUT2D eigenvalue weighted by molar-refractivity contribution is 8.56. The predicted octanol–water partition coefficient (Wildman–Crippen LogP) is 3.18. The van der Waals surface area contributed by atoms with Gasteiger partial charge < -0.3 is 4.52 Å². The van der Waals surface area contributed by atoms with E-state index in [-0.39, 0.29) is 11.4 Å². The third kappa shape index (κ3) is 4.77. The molecule has 1 unspecified atom stereocenters. The SMILES string of the molecule is CCCSP(N)(=O)Oc1ccc([N+](=O)[O-])cc1. The number of non-ortho nitro benzene ring substituents is 1. The first-order valence-electron chi connectivity index (χ1n) is 4.92. The number of nitrogens with two attached hydrogens (primary N) is 1. The fourth-order valence-electron chi connectivity index (χ4n) is 1.02. The van der Waals surface area contributed by atoms with E-state index in [1.165, 1.54) is 24.3 Å². The van der Waals surface area contributed by atoms with Crippen molar-refractivity contribution in [3.8, 4) is 5.75 Å². The number of nitro groups is 1. The van der Waals surface area contributed by atoms with Crippen molar-refractivity contribution in [2.45, 2.75) is 13.3 Å². The maximum absolute atomic E-state index is 11.7. The van der Waals surface area contributed by atoms with Gasteiger partial charge in [-0.1, -0.05) is 6.92 Å². The molecule has 1 atom stereocenters. The summed E-state index contributed by atoms with van der Waals surface area (Å²) < 4.78 is 16.9. The predicted molar refractivity (Wildman–Crippen MR) is 68.3 cm³/mol. The molecule has 1 aromatic rings. The van der Waals surface area contributed by atoms with E-state index < -0.39 is 11.6 Å². The van der Waals surface area contributed by atoms with Gasteiger partial charge in [-0.15, -0.1) is 0 Å². The zero-order valence-electron chi connectivity index (χ0n) is 9.24. The van der Waals surface area contributed by atoms with E-state index in [0.717, 1.165) is 17.8 Å². The summed E-state index contributed by atoms with van der Waals surface area (Å²) in [5.41, 5.74) is 5.44. The molecule has 0 aromatic heterocycles. The van der Waals surface area contributed by atoms with E-state index in [4.69, 9.17) is 10.0 Å². The van der Waals surface area contributed by atoms with Gasteiger partial charge in [0, 0.05) is 17.9 Å². The van der Waals surface area contributed by atoms with Crippen LogP contribution in [0.15, 0.2) is 24.3 Å². The van der Waals surface area contributed by atoms with Gasteiger partial charge in [0.1, 0.15) is 5.75 Å². The number of benzene rings is 1. The van der Waals surface area contributed by atoms with Crippen molar-refractivity contribution in [3.63, 3.8) is 0 Å². The largest absolute Gasteiger partial charge is 0.426 e. The smallest absolute Gasteiger partial charge is 0.371 e. The van der Waals surface area contributed by atoms with Gasteiger partial charge in [0.2, 0.25) is 0 Å². The van der Waals surface area contributed by atoms with Gasteiger partial charge in [0.25, 0.3) is 5.69 Å². The number of nitrogens with zero attached hydrogens (tertiary/aromatic N) is 1. The third-order valence-corrected chi connectivity index (χ3v) is 5.02. The highest BCUT2D eigenvalue weighted by atomic mass is 32.7. The van der Waals surface area contributed by atoms with E-state index in [1.807, 2.05) is 6.92 Å². The molecule has 0 radical (unpaired) electrons. The van der Waals surface area contributed by atoms with E-state index in [1.54, 1.807) is 0 Å². The van der Waals surface area contributed by atoms with Crippen LogP contribution in [0, 0.1) is 10.1 Å². The van der Waals surface area contributed by atoms with E-state index >= 15 is 0 Å². The van der Waals surface area contributed by atoms with Crippen molar-refractivity contribution in [1.82, 2.24) is 0 Å². The monoisotopic (exact) mass is 276 g/mol. The molecule has 0 saturated heterocycles. The van der Waals surface area contributed by atoms with Crippen LogP contribution in [0.1, 0.15) is 13.3 Å². The van der Waals surface area contributed by atoms with Crippen LogP contribution in [0.4, 0.5) is 5.69 Å². The summed E-state index contributed by atoms with van der Waals surface area (Å²) in [6.45, 7) is -1.28. The number of rotatable bonds is 6. The molecule has 8 heteroatoms. The Morgan fingerprint density at radius 3 is 2.53 bits per heavy atom. The lowest BCUT2D eigenvalue weighted by Gasteiger charge is -2.13. The van der Waals surface area contributed by atoms with E-state index in [9.17, 15) is 14.7 Å². The highest BCUT2D eigenvalue weighted by Gasteiger charge is 2.19. The van der Waals surface area contributed by atoms with Gasteiger partial charge in [-0.2, -0.15) is 0 Å². The second-order valence-electron chi connectivity index (χ2n) is 3.22. The Kier molecular flexibility index (Phi) is 4.99. The minimum atomic E-state index is -3.22. The van der Waals surface area contributed by atoms with Crippen molar-refractivity contribution in [2.24, 2.45) is 5.50 Å². The molecule has 6 nitrogen and oxygen atoms in total. The van der Waals surface area contributed by atoms with Crippen LogP contribution in [-0.4, -0.2) is 10.7 Å². The van der Waals surface area contributed by atoms with Crippen LogP contribution in [0.5, 0.6) is 5.75 Å². The molecule has 0 spiro atoms. The molecular formula is C9H13N2O4PS. The minimum Gasteiger partial charge on any atom is -0.426 e. The first-order valence-corrected chi connectivity index (χ1v) is 8.20. The molecule has 2 N–H and O–H groups in total. The van der Waals surface area contributed by atoms with E-state index in [2.05, 4.69) is 0 Å². The normalized spacial score (nSPS) is 14.0. The number of hydrogen-bond donors (Lipinski definition) is 1. The molecule has 0 saturated carbocycles. The van der Waals surface area contributed by atoms with Crippen molar-refractivity contribution in [1.29, 1.82) is 0 Å². The van der Waals surface area contributed by atoms with Gasteiger partial charge in [-0.3, -0.25) is 10.1 Å². The average molecular weight is 276 g/mol. The Bertz CT molecular complexity index is 437. The Balaban J connectivity index is 2.68. The van der Waals surface area contributed by atoms with Gasteiger partial charge in [0.15, 0.2) is 0 Å². The van der Waals surface area contributed by atoms with Crippen molar-refractivity contribution in [3.05, 3.63) is 34.4 Å². The van der Waals surface area contributed by atoms with Crippen LogP contribution in [0.3, 0.4) is 0 Å². The Morgan fingerprint density at radius 1 is 1.47 bits per heavy atom. The number of hydrogen-bond acceptors (Lipinski definition) is 5. The summed E-state index contributed by atoms with van der Waals surface area (Å²) in [6, 6.07) is 5.31. The lowest BCUT2D eigenvalue weighted by molar-refractivity contribution is -0.384. The van der Waals surface area contributed by atoms with Gasteiger partial charge in [-0.05, 0) is 29.9 Å². The summed E-state index contributed by atoms with van der Waals surface area (Å²) in [5.74, 6) is 0.908. The highest BCUT2D eigenvalue weighted by Crippen LogP contribution is 2.52. The molecule has 0 aliphatic rings. The topological polar surface area (TPSA) is 95.5 Å². The molecule has 0 aliphatic carbocycles. The van der Waals surface area contributed by atoms with Gasteiger partial charge in [0.05, 0.1) is 4.92 Å². The Labute approximate surface area is 103 Å². The molecule has 0 bridgehead atoms. The molecule has 1 aromatic carbocycles. The zero-order chi connectivity index (χ0) is 12.9. The first-order chi connectivity index (χ1) is 7.94. The van der Waals surface area contributed by atoms with Crippen LogP contribution in [0.25, 0.3) is 0 Å². The lowest BCUT2D eigenvalue weighted by Crippen LogP contribution is -1.99. The molecule has 1 rings (SSSR count). The third-order valence-electron chi connectivity index (χ3n) is 1.76. The van der Waals surface area contributed by atoms with Crippen LogP contribution >= 0.6 is 18.1 Å². The summed E-state index contributed by atoms with van der Waals surface area (Å²) in [7, 11) is 0. The van der Waals surface area contributed by atoms with Gasteiger partial charge in [-0.25, -0.2) is 10.1 Å². The lowest BCUT2D eigenvalue weighted by atomic mass is 10.3. The van der Waals surface area contributed by atoms with Crippen molar-refractivity contribution in [2.75, 3.05) is 5.75 Å². The summed E-state index contributed by atoms with van der Waals surface area (Å²) >= 11 is 1.06. The minimum absolute atomic E-state index is 0.0505. The summed E-state index contributed by atoms with van der Waals surface area (Å²) in [6.07, 6.45) is 0.843. The van der Waals surface area contributed by atoms with Gasteiger partial charge >= 0.3 is 6.72 Å². The molecule has 17 heavy (non-hydrogen) atoms. The summed E-state index contributed by atoms with van der Waals surface area (Å²) in [5, 5.41) is 10.4. The maximum atomic E-state index is 11.7. The fraction of sp³-hybridized carbons (Fsp3) is 0.333. The molecule has 0 heterocycles. The average Bonchev–Trinajstić information content (AvgIpc) is 2.26. The quantitative estimate of drug-likeness (QED) is 0.487.